The number of hydrogen-bond acceptors (Lipinski definition) is 6. The molecule has 0 spiro atoms. The lowest BCUT2D eigenvalue weighted by atomic mass is 10.2. The van der Waals surface area contributed by atoms with E-state index in [1.54, 1.807) is 12.1 Å². The summed E-state index contributed by atoms with van der Waals surface area (Å²) in [5, 5.41) is 0. The fraction of sp³-hybridized carbons (Fsp3) is 0.267. The molecule has 0 fully saturated rings. The van der Waals surface area contributed by atoms with Gasteiger partial charge in [0.25, 0.3) is 10.1 Å². The zero-order valence-electron chi connectivity index (χ0n) is 13.0. The second kappa shape index (κ2) is 7.57. The average molecular weight is 371 g/mol. The summed E-state index contributed by atoms with van der Waals surface area (Å²) in [5.74, 6) is 1.11. The molecule has 1 N–H and O–H groups in total. The molecule has 0 saturated heterocycles. The predicted octanol–water partition coefficient (Wildman–Crippen LogP) is 3.51. The Bertz CT molecular complexity index is 764. The molecule has 1 aliphatic heterocycles. The van der Waals surface area contributed by atoms with Crippen molar-refractivity contribution in [2.45, 2.75) is 21.4 Å². The summed E-state index contributed by atoms with van der Waals surface area (Å²) in [6.45, 7) is 1.84. The first kappa shape index (κ1) is 18.1. The highest BCUT2D eigenvalue weighted by molar-refractivity contribution is 8.17. The molecule has 124 valence electrons. The minimum absolute atomic E-state index is 0.0666. The highest BCUT2D eigenvalue weighted by Gasteiger charge is 2.26. The van der Waals surface area contributed by atoms with Gasteiger partial charge in [-0.15, -0.1) is 11.8 Å². The normalized spacial score (nSPS) is 16.5. The molecule has 3 rings (SSSR count). The van der Waals surface area contributed by atoms with Crippen molar-refractivity contribution in [3.05, 3.63) is 48.2 Å². The van der Waals surface area contributed by atoms with E-state index in [9.17, 15) is 8.42 Å². The molecule has 23 heavy (non-hydrogen) atoms. The Morgan fingerprint density at radius 2 is 1.91 bits per heavy atom. The van der Waals surface area contributed by atoms with Crippen LogP contribution in [0.1, 0.15) is 5.56 Å². The van der Waals surface area contributed by atoms with Crippen molar-refractivity contribution in [2.24, 2.45) is 0 Å². The monoisotopic (exact) mass is 370 g/mol. The number of fused-ring (bicyclic) bond motifs is 1. The molecule has 1 atom stereocenters. The summed E-state index contributed by atoms with van der Waals surface area (Å²) in [4.78, 5) is 7.77. The molecule has 0 bridgehead atoms. The molecular formula is C15H18N2O3S3. The molecule has 5 nitrogen and oxygen atoms in total. The van der Waals surface area contributed by atoms with Gasteiger partial charge < -0.3 is 4.90 Å². The molecule has 0 amide bonds. The predicted molar refractivity (Wildman–Crippen MR) is 96.8 cm³/mol. The number of aryl methyl sites for hydroxylation is 1. The minimum Gasteiger partial charge on any atom is -0.337 e. The van der Waals surface area contributed by atoms with Gasteiger partial charge in [0, 0.05) is 13.2 Å². The van der Waals surface area contributed by atoms with E-state index in [1.807, 2.05) is 42.7 Å². The van der Waals surface area contributed by atoms with Gasteiger partial charge in [-0.3, -0.25) is 4.55 Å². The Hall–Kier alpha value is -1.22. The maximum absolute atomic E-state index is 10.5. The van der Waals surface area contributed by atoms with E-state index in [4.69, 9.17) is 4.55 Å². The largest absolute Gasteiger partial charge is 0.337 e. The van der Waals surface area contributed by atoms with Gasteiger partial charge in [0.2, 0.25) is 0 Å². The Balaban J connectivity index is 0.000000168. The minimum atomic E-state index is -4.02. The number of hydrogen-bond donors (Lipinski definition) is 1. The maximum atomic E-state index is 10.5. The van der Waals surface area contributed by atoms with Crippen molar-refractivity contribution >= 4 is 39.5 Å². The van der Waals surface area contributed by atoms with Crippen LogP contribution in [-0.2, 0) is 10.1 Å². The Kier molecular flexibility index (Phi) is 5.96. The highest BCUT2D eigenvalue weighted by atomic mass is 32.2. The molecule has 1 unspecified atom stereocenters. The van der Waals surface area contributed by atoms with Crippen LogP contribution in [0.4, 0.5) is 5.82 Å². The quantitative estimate of drug-likeness (QED) is 0.811. The first-order valence-corrected chi connectivity index (χ1v) is 10.3. The van der Waals surface area contributed by atoms with E-state index >= 15 is 0 Å². The van der Waals surface area contributed by atoms with Crippen LogP contribution in [0.5, 0.6) is 0 Å². The molecule has 1 aliphatic rings. The lowest BCUT2D eigenvalue weighted by Gasteiger charge is -2.17. The molecule has 2 aromatic rings. The number of thioether (sulfide) groups is 2. The van der Waals surface area contributed by atoms with Gasteiger partial charge in [0.05, 0.1) is 9.79 Å². The Labute approximate surface area is 145 Å². The standard InChI is InChI=1S/C8H10N2S2.C7H8O3S/c1-10-7-6(4-3-5-9-7)12-8(10)11-2;1-6-2-4-7(5-3-6)11(8,9)10/h3-5,8H,1-2H3;2-5H,1H3,(H,8,9,10). The van der Waals surface area contributed by atoms with Crippen LogP contribution in [0.2, 0.25) is 0 Å². The fourth-order valence-corrected chi connectivity index (χ4v) is 4.47. The van der Waals surface area contributed by atoms with Crippen LogP contribution in [0, 0.1) is 6.92 Å². The van der Waals surface area contributed by atoms with E-state index in [0.29, 0.717) is 4.71 Å². The lowest BCUT2D eigenvalue weighted by molar-refractivity contribution is 0.483. The third-order valence-corrected chi connectivity index (χ3v) is 6.69. The second-order valence-corrected chi connectivity index (χ2v) is 8.64. The first-order chi connectivity index (χ1) is 10.8. The molecule has 0 saturated carbocycles. The van der Waals surface area contributed by atoms with Gasteiger partial charge in [-0.05, 0) is 37.4 Å². The number of rotatable bonds is 2. The Morgan fingerprint density at radius 3 is 2.43 bits per heavy atom. The van der Waals surface area contributed by atoms with Gasteiger partial charge in [0.1, 0.15) is 10.5 Å². The zero-order valence-corrected chi connectivity index (χ0v) is 15.5. The molecule has 0 radical (unpaired) electrons. The van der Waals surface area contributed by atoms with Gasteiger partial charge >= 0.3 is 0 Å². The molecule has 1 aromatic carbocycles. The number of nitrogens with zero attached hydrogens (tertiary/aromatic N) is 2. The van der Waals surface area contributed by atoms with Crippen molar-refractivity contribution in [1.82, 2.24) is 4.98 Å². The van der Waals surface area contributed by atoms with Crippen LogP contribution in [0.15, 0.2) is 52.4 Å². The van der Waals surface area contributed by atoms with Crippen molar-refractivity contribution in [3.8, 4) is 0 Å². The highest BCUT2D eigenvalue weighted by Crippen LogP contribution is 2.44. The van der Waals surface area contributed by atoms with E-state index in [2.05, 4.69) is 29.3 Å². The van der Waals surface area contributed by atoms with Crippen molar-refractivity contribution in [3.63, 3.8) is 0 Å². The lowest BCUT2D eigenvalue weighted by Crippen LogP contribution is -2.21. The van der Waals surface area contributed by atoms with Gasteiger partial charge in [-0.25, -0.2) is 4.98 Å². The van der Waals surface area contributed by atoms with E-state index in [1.165, 1.54) is 17.0 Å². The van der Waals surface area contributed by atoms with Crippen molar-refractivity contribution < 1.29 is 13.0 Å². The topological polar surface area (TPSA) is 70.5 Å². The summed E-state index contributed by atoms with van der Waals surface area (Å²) in [7, 11) is -1.93. The first-order valence-electron chi connectivity index (χ1n) is 6.74. The summed E-state index contributed by atoms with van der Waals surface area (Å²) in [6, 6.07) is 10.1. The third-order valence-electron chi connectivity index (χ3n) is 3.15. The van der Waals surface area contributed by atoms with E-state index in [0.717, 1.165) is 11.4 Å². The second-order valence-electron chi connectivity index (χ2n) is 4.88. The van der Waals surface area contributed by atoms with E-state index < -0.39 is 10.1 Å². The molecule has 0 aliphatic carbocycles. The fourth-order valence-electron chi connectivity index (χ4n) is 1.94. The number of benzene rings is 1. The average Bonchev–Trinajstić information content (AvgIpc) is 2.84. The van der Waals surface area contributed by atoms with Crippen LogP contribution >= 0.6 is 23.5 Å². The number of pyridine rings is 1. The van der Waals surface area contributed by atoms with Gasteiger partial charge in [0.15, 0.2) is 0 Å². The molecular weight excluding hydrogens is 352 g/mol. The number of aromatic nitrogens is 1. The Morgan fingerprint density at radius 1 is 1.26 bits per heavy atom. The van der Waals surface area contributed by atoms with Gasteiger partial charge in [-0.1, -0.05) is 29.5 Å². The maximum Gasteiger partial charge on any atom is 0.294 e. The third kappa shape index (κ3) is 4.63. The summed E-state index contributed by atoms with van der Waals surface area (Å²) in [6.07, 6.45) is 3.97. The van der Waals surface area contributed by atoms with Crippen LogP contribution in [-0.4, -0.2) is 36.0 Å². The molecule has 1 aromatic heterocycles. The van der Waals surface area contributed by atoms with Crippen LogP contribution < -0.4 is 4.90 Å². The van der Waals surface area contributed by atoms with Crippen LogP contribution in [0.3, 0.4) is 0 Å². The van der Waals surface area contributed by atoms with Crippen LogP contribution in [0.25, 0.3) is 0 Å². The smallest absolute Gasteiger partial charge is 0.294 e. The SMILES string of the molecule is CSC1Sc2cccnc2N1C.Cc1ccc(S(=O)(=O)O)cc1. The van der Waals surface area contributed by atoms with Crippen molar-refractivity contribution in [1.29, 1.82) is 0 Å². The number of anilines is 1. The summed E-state index contributed by atoms with van der Waals surface area (Å²) < 4.78 is 30.0. The molecule has 2 heterocycles. The van der Waals surface area contributed by atoms with E-state index in [-0.39, 0.29) is 4.90 Å². The van der Waals surface area contributed by atoms with Crippen molar-refractivity contribution in [2.75, 3.05) is 18.2 Å². The summed E-state index contributed by atoms with van der Waals surface area (Å²) >= 11 is 3.72. The molecule has 8 heteroatoms. The van der Waals surface area contributed by atoms with Gasteiger partial charge in [-0.2, -0.15) is 8.42 Å². The summed E-state index contributed by atoms with van der Waals surface area (Å²) in [5.41, 5.74) is 0.956. The zero-order chi connectivity index (χ0) is 17.0.